The van der Waals surface area contributed by atoms with Crippen LogP contribution in [0.1, 0.15) is 39.0 Å². The predicted molar refractivity (Wildman–Crippen MR) is 121 cm³/mol. The van der Waals surface area contributed by atoms with Crippen LogP contribution >= 0.6 is 0 Å². The van der Waals surface area contributed by atoms with Crippen molar-refractivity contribution in [2.24, 2.45) is 0 Å². The molecule has 32 heavy (non-hydrogen) atoms. The van der Waals surface area contributed by atoms with Gasteiger partial charge in [0.15, 0.2) is 0 Å². The lowest BCUT2D eigenvalue weighted by atomic mass is 9.79. The molecular formula is C26H22FN3O2. The van der Waals surface area contributed by atoms with Gasteiger partial charge in [-0.25, -0.2) is 4.39 Å². The molecule has 2 N–H and O–H groups in total. The zero-order chi connectivity index (χ0) is 22.2. The second-order valence-corrected chi connectivity index (χ2v) is 8.06. The van der Waals surface area contributed by atoms with Gasteiger partial charge >= 0.3 is 0 Å². The SMILES string of the molecule is CN1C(=O)c2ccccc2C(C(=O)NCc2ccc(F)cc2)C1c1c[nH]c2ccccc12. The summed E-state index contributed by atoms with van der Waals surface area (Å²) in [5.74, 6) is -1.20. The van der Waals surface area contributed by atoms with Crippen LogP contribution in [0, 0.1) is 5.82 Å². The number of carbonyl (C=O) groups is 2. The van der Waals surface area contributed by atoms with Crippen LogP contribution in [0.3, 0.4) is 0 Å². The summed E-state index contributed by atoms with van der Waals surface area (Å²) in [6.07, 6.45) is 1.88. The summed E-state index contributed by atoms with van der Waals surface area (Å²) in [6.45, 7) is 0.274. The van der Waals surface area contributed by atoms with E-state index in [2.05, 4.69) is 10.3 Å². The molecule has 1 aromatic heterocycles. The Balaban J connectivity index is 1.56. The number of aromatic nitrogens is 1. The summed E-state index contributed by atoms with van der Waals surface area (Å²) in [5, 5.41) is 3.97. The number of para-hydroxylation sites is 1. The second kappa shape index (κ2) is 7.96. The minimum absolute atomic E-state index is 0.113. The van der Waals surface area contributed by atoms with Crippen LogP contribution in [-0.4, -0.2) is 28.7 Å². The molecule has 0 fully saturated rings. The van der Waals surface area contributed by atoms with Crippen LogP contribution in [0.4, 0.5) is 4.39 Å². The maximum Gasteiger partial charge on any atom is 0.254 e. The highest BCUT2D eigenvalue weighted by atomic mass is 19.1. The number of rotatable bonds is 4. The highest BCUT2D eigenvalue weighted by Crippen LogP contribution is 2.44. The number of hydrogen-bond acceptors (Lipinski definition) is 2. The lowest BCUT2D eigenvalue weighted by molar-refractivity contribution is -0.124. The number of halogens is 1. The molecule has 6 heteroatoms. The largest absolute Gasteiger partial charge is 0.361 e. The van der Waals surface area contributed by atoms with Crippen LogP contribution in [0.5, 0.6) is 0 Å². The summed E-state index contributed by atoms with van der Waals surface area (Å²) in [6, 6.07) is 20.7. The van der Waals surface area contributed by atoms with Crippen molar-refractivity contribution >= 4 is 22.7 Å². The smallest absolute Gasteiger partial charge is 0.254 e. The van der Waals surface area contributed by atoms with Gasteiger partial charge in [0, 0.05) is 41.8 Å². The molecule has 4 aromatic rings. The van der Waals surface area contributed by atoms with Gasteiger partial charge in [-0.3, -0.25) is 9.59 Å². The molecule has 160 valence electrons. The lowest BCUT2D eigenvalue weighted by Crippen LogP contribution is -2.45. The predicted octanol–water partition coefficient (Wildman–Crippen LogP) is 4.53. The average molecular weight is 427 g/mol. The molecule has 1 aliphatic rings. The lowest BCUT2D eigenvalue weighted by Gasteiger charge is -2.39. The molecular weight excluding hydrogens is 405 g/mol. The zero-order valence-electron chi connectivity index (χ0n) is 17.5. The molecule has 0 saturated heterocycles. The Morgan fingerprint density at radius 1 is 1.00 bits per heavy atom. The minimum atomic E-state index is -0.589. The fourth-order valence-electron chi connectivity index (χ4n) is 4.59. The van der Waals surface area contributed by atoms with E-state index in [4.69, 9.17) is 0 Å². The van der Waals surface area contributed by atoms with Crippen molar-refractivity contribution in [1.82, 2.24) is 15.2 Å². The number of hydrogen-bond donors (Lipinski definition) is 2. The van der Waals surface area contributed by atoms with E-state index in [9.17, 15) is 14.0 Å². The second-order valence-electron chi connectivity index (χ2n) is 8.06. The third-order valence-electron chi connectivity index (χ3n) is 6.18. The van der Waals surface area contributed by atoms with Gasteiger partial charge < -0.3 is 15.2 Å². The molecule has 1 aliphatic heterocycles. The van der Waals surface area contributed by atoms with E-state index < -0.39 is 12.0 Å². The van der Waals surface area contributed by atoms with E-state index in [0.29, 0.717) is 11.1 Å². The molecule has 5 nitrogen and oxygen atoms in total. The van der Waals surface area contributed by atoms with Gasteiger partial charge in [0.05, 0.1) is 12.0 Å². The summed E-state index contributed by atoms with van der Waals surface area (Å²) in [5.41, 5.74) is 3.90. The topological polar surface area (TPSA) is 65.2 Å². The Kier molecular flexibility index (Phi) is 4.98. The monoisotopic (exact) mass is 427 g/mol. The van der Waals surface area contributed by atoms with E-state index in [1.54, 1.807) is 30.1 Å². The Hall–Kier alpha value is -3.93. The number of nitrogens with one attached hydrogen (secondary N) is 2. The van der Waals surface area contributed by atoms with Crippen LogP contribution in [0.2, 0.25) is 0 Å². The Labute approximate surface area is 184 Å². The van der Waals surface area contributed by atoms with Crippen molar-refractivity contribution in [1.29, 1.82) is 0 Å². The molecule has 5 rings (SSSR count). The first-order valence-corrected chi connectivity index (χ1v) is 10.5. The van der Waals surface area contributed by atoms with Crippen LogP contribution in [-0.2, 0) is 11.3 Å². The molecule has 2 atom stereocenters. The molecule has 0 bridgehead atoms. The van der Waals surface area contributed by atoms with E-state index in [-0.39, 0.29) is 24.2 Å². The van der Waals surface area contributed by atoms with Gasteiger partial charge in [-0.15, -0.1) is 0 Å². The molecule has 0 aliphatic carbocycles. The molecule has 2 amide bonds. The fraction of sp³-hybridized carbons (Fsp3) is 0.154. The minimum Gasteiger partial charge on any atom is -0.361 e. The van der Waals surface area contributed by atoms with E-state index in [0.717, 1.165) is 22.0 Å². The third kappa shape index (κ3) is 3.34. The van der Waals surface area contributed by atoms with Gasteiger partial charge in [0.25, 0.3) is 5.91 Å². The highest BCUT2D eigenvalue weighted by Gasteiger charge is 2.43. The van der Waals surface area contributed by atoms with Gasteiger partial charge in [-0.05, 0) is 35.4 Å². The third-order valence-corrected chi connectivity index (χ3v) is 6.18. The maximum absolute atomic E-state index is 13.6. The molecule has 3 aromatic carbocycles. The van der Waals surface area contributed by atoms with Gasteiger partial charge in [0.1, 0.15) is 5.82 Å². The van der Waals surface area contributed by atoms with E-state index in [1.807, 2.05) is 48.7 Å². The first-order valence-electron chi connectivity index (χ1n) is 10.5. The Bertz CT molecular complexity index is 1310. The molecule has 0 radical (unpaired) electrons. The van der Waals surface area contributed by atoms with Crippen LogP contribution < -0.4 is 5.32 Å². The first kappa shape index (κ1) is 20.0. The Morgan fingerprint density at radius 2 is 1.72 bits per heavy atom. The van der Waals surface area contributed by atoms with Gasteiger partial charge in [-0.2, -0.15) is 0 Å². The number of likely N-dealkylation sites (N-methyl/N-ethyl adjacent to an activating group) is 1. The van der Waals surface area contributed by atoms with E-state index >= 15 is 0 Å². The zero-order valence-corrected chi connectivity index (χ0v) is 17.5. The van der Waals surface area contributed by atoms with Crippen molar-refractivity contribution in [3.63, 3.8) is 0 Å². The molecule has 0 saturated carbocycles. The number of carbonyl (C=O) groups excluding carboxylic acids is 2. The van der Waals surface area contributed by atoms with Crippen molar-refractivity contribution in [2.45, 2.75) is 18.5 Å². The highest BCUT2D eigenvalue weighted by molar-refractivity contribution is 6.02. The maximum atomic E-state index is 13.6. The van der Waals surface area contributed by atoms with E-state index in [1.165, 1.54) is 12.1 Å². The van der Waals surface area contributed by atoms with Crippen LogP contribution in [0.15, 0.2) is 79.0 Å². The van der Waals surface area contributed by atoms with Crippen molar-refractivity contribution in [3.8, 4) is 0 Å². The Morgan fingerprint density at radius 3 is 2.53 bits per heavy atom. The average Bonchev–Trinajstić information content (AvgIpc) is 3.24. The number of nitrogens with zero attached hydrogens (tertiary/aromatic N) is 1. The standard InChI is InChI=1S/C26H22FN3O2/c1-30-24(21-15-28-22-9-5-4-6-18(21)22)23(19-7-2-3-8-20(19)26(30)32)25(31)29-14-16-10-12-17(27)13-11-16/h2-13,15,23-24,28H,14H2,1H3,(H,29,31). The summed E-state index contributed by atoms with van der Waals surface area (Å²) < 4.78 is 13.2. The summed E-state index contributed by atoms with van der Waals surface area (Å²) >= 11 is 0. The van der Waals surface area contributed by atoms with Gasteiger partial charge in [-0.1, -0.05) is 48.5 Å². The first-order chi connectivity index (χ1) is 15.5. The molecule has 0 spiro atoms. The van der Waals surface area contributed by atoms with Crippen LogP contribution in [0.25, 0.3) is 10.9 Å². The van der Waals surface area contributed by atoms with Crippen molar-refractivity contribution in [3.05, 3.63) is 107 Å². The summed E-state index contributed by atoms with van der Waals surface area (Å²) in [7, 11) is 1.74. The summed E-state index contributed by atoms with van der Waals surface area (Å²) in [4.78, 5) is 31.7. The number of H-pyrrole nitrogens is 1. The molecule has 2 heterocycles. The van der Waals surface area contributed by atoms with Gasteiger partial charge in [0.2, 0.25) is 5.91 Å². The number of benzene rings is 3. The number of amides is 2. The fourth-order valence-corrected chi connectivity index (χ4v) is 4.59. The molecule has 2 unspecified atom stereocenters. The number of fused-ring (bicyclic) bond motifs is 2. The van der Waals surface area contributed by atoms with Crippen molar-refractivity contribution in [2.75, 3.05) is 7.05 Å². The number of aromatic amines is 1. The van der Waals surface area contributed by atoms with Crippen molar-refractivity contribution < 1.29 is 14.0 Å². The normalized spacial score (nSPS) is 17.9. The quantitative estimate of drug-likeness (QED) is 0.502.